The van der Waals surface area contributed by atoms with Gasteiger partial charge in [0.2, 0.25) is 5.91 Å². The van der Waals surface area contributed by atoms with Gasteiger partial charge in [-0.2, -0.15) is 0 Å². The summed E-state index contributed by atoms with van der Waals surface area (Å²) < 4.78 is 0. The lowest BCUT2D eigenvalue weighted by molar-refractivity contribution is -0.120. The van der Waals surface area contributed by atoms with Crippen LogP contribution in [0.25, 0.3) is 0 Å². The van der Waals surface area contributed by atoms with Gasteiger partial charge in [0, 0.05) is 18.3 Å². The maximum atomic E-state index is 12.3. The van der Waals surface area contributed by atoms with Crippen molar-refractivity contribution in [1.29, 1.82) is 0 Å². The minimum atomic E-state index is 0.0415. The summed E-state index contributed by atoms with van der Waals surface area (Å²) in [7, 11) is 0. The van der Waals surface area contributed by atoms with Crippen LogP contribution in [0.1, 0.15) is 30.5 Å². The van der Waals surface area contributed by atoms with E-state index in [1.165, 1.54) is 11.1 Å². The maximum absolute atomic E-state index is 12.3. The summed E-state index contributed by atoms with van der Waals surface area (Å²) in [6.45, 7) is 9.27. The van der Waals surface area contributed by atoms with Gasteiger partial charge >= 0.3 is 0 Å². The van der Waals surface area contributed by atoms with Gasteiger partial charge in [-0.3, -0.25) is 4.79 Å². The van der Waals surface area contributed by atoms with Crippen LogP contribution in [-0.2, 0) is 11.3 Å². The fourth-order valence-electron chi connectivity index (χ4n) is 2.43. The molecular formula is C20H26N2O. The molecule has 122 valence electrons. The van der Waals surface area contributed by atoms with Crippen molar-refractivity contribution in [3.63, 3.8) is 0 Å². The van der Waals surface area contributed by atoms with E-state index in [0.29, 0.717) is 13.1 Å². The van der Waals surface area contributed by atoms with Crippen LogP contribution >= 0.6 is 0 Å². The number of benzene rings is 2. The zero-order chi connectivity index (χ0) is 16.8. The van der Waals surface area contributed by atoms with Gasteiger partial charge in [-0.15, -0.1) is 0 Å². The van der Waals surface area contributed by atoms with E-state index >= 15 is 0 Å². The van der Waals surface area contributed by atoms with Crippen LogP contribution in [-0.4, -0.2) is 18.5 Å². The Morgan fingerprint density at radius 3 is 2.00 bits per heavy atom. The van der Waals surface area contributed by atoms with Gasteiger partial charge in [0.05, 0.1) is 6.54 Å². The average Bonchev–Trinajstić information content (AvgIpc) is 2.53. The molecule has 0 unspecified atom stereocenters. The van der Waals surface area contributed by atoms with E-state index in [4.69, 9.17) is 0 Å². The summed E-state index contributed by atoms with van der Waals surface area (Å²) >= 11 is 0. The number of aryl methyl sites for hydroxylation is 2. The molecule has 1 N–H and O–H groups in total. The van der Waals surface area contributed by atoms with Crippen molar-refractivity contribution in [1.82, 2.24) is 5.32 Å². The Balaban J connectivity index is 1.95. The Kier molecular flexibility index (Phi) is 5.80. The van der Waals surface area contributed by atoms with E-state index in [1.54, 1.807) is 0 Å². The highest BCUT2D eigenvalue weighted by molar-refractivity contribution is 5.81. The topological polar surface area (TPSA) is 32.3 Å². The Morgan fingerprint density at radius 1 is 0.957 bits per heavy atom. The third-order valence-electron chi connectivity index (χ3n) is 3.91. The molecule has 0 heterocycles. The lowest BCUT2D eigenvalue weighted by Gasteiger charge is -2.28. The van der Waals surface area contributed by atoms with Crippen molar-refractivity contribution in [2.45, 2.75) is 40.3 Å². The number of amides is 1. The van der Waals surface area contributed by atoms with Crippen molar-refractivity contribution in [2.75, 3.05) is 11.4 Å². The molecule has 0 aromatic heterocycles. The van der Waals surface area contributed by atoms with Crippen LogP contribution in [0.5, 0.6) is 0 Å². The SMILES string of the molecule is Cc1ccc(CNC(=O)CN(c2ccc(C)cc2)C(C)C)cc1. The van der Waals surface area contributed by atoms with Crippen molar-refractivity contribution in [3.05, 3.63) is 65.2 Å². The summed E-state index contributed by atoms with van der Waals surface area (Å²) in [5.74, 6) is 0.0415. The molecule has 0 saturated heterocycles. The largest absolute Gasteiger partial charge is 0.360 e. The number of carbonyl (C=O) groups excluding carboxylic acids is 1. The van der Waals surface area contributed by atoms with Gasteiger partial charge in [0.1, 0.15) is 0 Å². The molecule has 0 spiro atoms. The van der Waals surface area contributed by atoms with Gasteiger partial charge in [-0.25, -0.2) is 0 Å². The zero-order valence-corrected chi connectivity index (χ0v) is 14.5. The van der Waals surface area contributed by atoms with Crippen molar-refractivity contribution >= 4 is 11.6 Å². The highest BCUT2D eigenvalue weighted by Crippen LogP contribution is 2.17. The molecule has 2 rings (SSSR count). The second kappa shape index (κ2) is 7.82. The highest BCUT2D eigenvalue weighted by atomic mass is 16.2. The predicted octanol–water partition coefficient (Wildman–Crippen LogP) is 3.83. The molecule has 1 amide bonds. The maximum Gasteiger partial charge on any atom is 0.239 e. The molecule has 23 heavy (non-hydrogen) atoms. The minimum absolute atomic E-state index is 0.0415. The fourth-order valence-corrected chi connectivity index (χ4v) is 2.43. The van der Waals surface area contributed by atoms with E-state index in [9.17, 15) is 4.79 Å². The van der Waals surface area contributed by atoms with Crippen LogP contribution in [0.3, 0.4) is 0 Å². The molecule has 0 fully saturated rings. The lowest BCUT2D eigenvalue weighted by atomic mass is 10.1. The van der Waals surface area contributed by atoms with Gasteiger partial charge in [-0.05, 0) is 45.4 Å². The van der Waals surface area contributed by atoms with Crippen molar-refractivity contribution in [3.8, 4) is 0 Å². The van der Waals surface area contributed by atoms with Crippen LogP contribution in [0, 0.1) is 13.8 Å². The van der Waals surface area contributed by atoms with Crippen molar-refractivity contribution < 1.29 is 4.79 Å². The van der Waals surface area contributed by atoms with Crippen LogP contribution in [0.15, 0.2) is 48.5 Å². The summed E-state index contributed by atoms with van der Waals surface area (Å²) in [5.41, 5.74) is 4.65. The van der Waals surface area contributed by atoms with Crippen molar-refractivity contribution in [2.24, 2.45) is 0 Å². The number of nitrogens with one attached hydrogen (secondary N) is 1. The third kappa shape index (κ3) is 5.13. The summed E-state index contributed by atoms with van der Waals surface area (Å²) in [6.07, 6.45) is 0. The second-order valence-electron chi connectivity index (χ2n) is 6.32. The zero-order valence-electron chi connectivity index (χ0n) is 14.5. The van der Waals surface area contributed by atoms with Gasteiger partial charge in [0.25, 0.3) is 0 Å². The Bertz CT molecular complexity index is 630. The smallest absolute Gasteiger partial charge is 0.239 e. The first-order valence-corrected chi connectivity index (χ1v) is 8.11. The van der Waals surface area contributed by atoms with Gasteiger partial charge < -0.3 is 10.2 Å². The highest BCUT2D eigenvalue weighted by Gasteiger charge is 2.14. The lowest BCUT2D eigenvalue weighted by Crippen LogP contribution is -2.40. The van der Waals surface area contributed by atoms with Crippen LogP contribution in [0.4, 0.5) is 5.69 Å². The quantitative estimate of drug-likeness (QED) is 0.879. The van der Waals surface area contributed by atoms with E-state index in [-0.39, 0.29) is 11.9 Å². The molecule has 3 nitrogen and oxygen atoms in total. The standard InChI is InChI=1S/C20H26N2O/c1-15(2)22(19-11-7-17(4)8-12-19)14-20(23)21-13-18-9-5-16(3)6-10-18/h5-12,15H,13-14H2,1-4H3,(H,21,23). The first-order valence-electron chi connectivity index (χ1n) is 8.11. The number of hydrogen-bond acceptors (Lipinski definition) is 2. The van der Waals surface area contributed by atoms with Crippen LogP contribution in [0.2, 0.25) is 0 Å². The number of carbonyl (C=O) groups is 1. The van der Waals surface area contributed by atoms with E-state index in [2.05, 4.69) is 86.4 Å². The molecule has 0 aliphatic rings. The number of rotatable bonds is 6. The molecule has 0 aliphatic heterocycles. The molecule has 0 radical (unpaired) electrons. The molecule has 2 aromatic rings. The van der Waals surface area contributed by atoms with E-state index < -0.39 is 0 Å². The molecule has 0 atom stereocenters. The molecule has 0 aliphatic carbocycles. The fraction of sp³-hybridized carbons (Fsp3) is 0.350. The van der Waals surface area contributed by atoms with E-state index in [1.807, 2.05) is 0 Å². The van der Waals surface area contributed by atoms with E-state index in [0.717, 1.165) is 11.3 Å². The Labute approximate surface area is 139 Å². The van der Waals surface area contributed by atoms with Crippen LogP contribution < -0.4 is 10.2 Å². The number of nitrogens with zero attached hydrogens (tertiary/aromatic N) is 1. The monoisotopic (exact) mass is 310 g/mol. The predicted molar refractivity (Wildman–Crippen MR) is 96.7 cm³/mol. The number of hydrogen-bond donors (Lipinski definition) is 1. The molecule has 0 bridgehead atoms. The number of anilines is 1. The molecule has 3 heteroatoms. The first kappa shape index (κ1) is 17.1. The third-order valence-corrected chi connectivity index (χ3v) is 3.91. The second-order valence-corrected chi connectivity index (χ2v) is 6.32. The summed E-state index contributed by atoms with van der Waals surface area (Å²) in [5, 5.41) is 3.00. The van der Waals surface area contributed by atoms with Gasteiger partial charge in [-0.1, -0.05) is 47.5 Å². The minimum Gasteiger partial charge on any atom is -0.360 e. The Morgan fingerprint density at radius 2 is 1.48 bits per heavy atom. The Hall–Kier alpha value is -2.29. The van der Waals surface area contributed by atoms with Gasteiger partial charge in [0.15, 0.2) is 0 Å². The first-order chi connectivity index (χ1) is 11.0. The molecular weight excluding hydrogens is 284 g/mol. The average molecular weight is 310 g/mol. The normalized spacial score (nSPS) is 10.7. The molecule has 0 saturated carbocycles. The summed E-state index contributed by atoms with van der Waals surface area (Å²) in [6, 6.07) is 16.8. The molecule has 2 aromatic carbocycles. The summed E-state index contributed by atoms with van der Waals surface area (Å²) in [4.78, 5) is 14.4.